The Kier molecular flexibility index (Phi) is 4.33. The van der Waals surface area contributed by atoms with E-state index >= 15 is 0 Å². The van der Waals surface area contributed by atoms with E-state index in [1.807, 2.05) is 31.7 Å². The SMILES string of the molecule is COc1cc(C)cc(C2=CC3CCC(C2)N3C(=O)OC(C)(C)C)c1. The van der Waals surface area contributed by atoms with Gasteiger partial charge in [-0.3, -0.25) is 4.90 Å². The zero-order chi connectivity index (χ0) is 17.5. The zero-order valence-electron chi connectivity index (χ0n) is 15.3. The number of hydrogen-bond acceptors (Lipinski definition) is 3. The molecule has 1 amide bonds. The van der Waals surface area contributed by atoms with Crippen LogP contribution in [0.5, 0.6) is 5.75 Å². The molecule has 1 aromatic rings. The van der Waals surface area contributed by atoms with Gasteiger partial charge in [-0.1, -0.05) is 12.1 Å². The van der Waals surface area contributed by atoms with Gasteiger partial charge >= 0.3 is 6.09 Å². The predicted molar refractivity (Wildman–Crippen MR) is 95.2 cm³/mol. The molecular weight excluding hydrogens is 302 g/mol. The number of hydrogen-bond donors (Lipinski definition) is 0. The molecule has 2 aliphatic rings. The fourth-order valence-electron chi connectivity index (χ4n) is 3.69. The molecule has 4 nitrogen and oxygen atoms in total. The highest BCUT2D eigenvalue weighted by Crippen LogP contribution is 2.40. The second-order valence-corrected chi connectivity index (χ2v) is 7.82. The van der Waals surface area contributed by atoms with E-state index in [0.29, 0.717) is 0 Å². The molecule has 0 aromatic heterocycles. The number of carbonyl (C=O) groups is 1. The second-order valence-electron chi connectivity index (χ2n) is 7.82. The van der Waals surface area contributed by atoms with Crippen LogP contribution in [0.2, 0.25) is 0 Å². The molecule has 1 aromatic carbocycles. The maximum absolute atomic E-state index is 12.5. The molecule has 0 radical (unpaired) electrons. The van der Waals surface area contributed by atoms with E-state index < -0.39 is 5.60 Å². The molecule has 3 rings (SSSR count). The number of rotatable bonds is 2. The van der Waals surface area contributed by atoms with Crippen LogP contribution in [0.25, 0.3) is 5.57 Å². The quantitative estimate of drug-likeness (QED) is 0.798. The Morgan fingerprint density at radius 2 is 1.96 bits per heavy atom. The van der Waals surface area contributed by atoms with Crippen LogP contribution < -0.4 is 4.74 Å². The Bertz CT molecular complexity index is 672. The molecule has 0 aliphatic carbocycles. The van der Waals surface area contributed by atoms with Crippen molar-refractivity contribution in [2.24, 2.45) is 0 Å². The van der Waals surface area contributed by atoms with Gasteiger partial charge in [0.05, 0.1) is 13.2 Å². The van der Waals surface area contributed by atoms with E-state index in [-0.39, 0.29) is 18.2 Å². The third-order valence-corrected chi connectivity index (χ3v) is 4.66. The van der Waals surface area contributed by atoms with Crippen LogP contribution in [0.15, 0.2) is 24.3 Å². The Morgan fingerprint density at radius 3 is 2.58 bits per heavy atom. The maximum Gasteiger partial charge on any atom is 0.411 e. The van der Waals surface area contributed by atoms with E-state index in [4.69, 9.17) is 9.47 Å². The van der Waals surface area contributed by atoms with Gasteiger partial charge in [0.15, 0.2) is 0 Å². The van der Waals surface area contributed by atoms with Crippen molar-refractivity contribution in [3.63, 3.8) is 0 Å². The van der Waals surface area contributed by atoms with Crippen molar-refractivity contribution >= 4 is 11.7 Å². The molecule has 0 saturated carbocycles. The lowest BCUT2D eigenvalue weighted by Gasteiger charge is -2.35. The number of carbonyl (C=O) groups excluding carboxylic acids is 1. The molecule has 1 saturated heterocycles. The van der Waals surface area contributed by atoms with Crippen LogP contribution in [0.4, 0.5) is 4.79 Å². The number of benzene rings is 1. The van der Waals surface area contributed by atoms with Crippen molar-refractivity contribution in [3.8, 4) is 5.75 Å². The minimum Gasteiger partial charge on any atom is -0.497 e. The molecule has 0 N–H and O–H groups in total. The molecule has 24 heavy (non-hydrogen) atoms. The van der Waals surface area contributed by atoms with Crippen LogP contribution >= 0.6 is 0 Å². The van der Waals surface area contributed by atoms with E-state index in [9.17, 15) is 4.79 Å². The van der Waals surface area contributed by atoms with Gasteiger partial charge in [-0.25, -0.2) is 4.79 Å². The van der Waals surface area contributed by atoms with Gasteiger partial charge in [-0.2, -0.15) is 0 Å². The number of ether oxygens (including phenoxy) is 2. The van der Waals surface area contributed by atoms with Gasteiger partial charge in [-0.15, -0.1) is 0 Å². The van der Waals surface area contributed by atoms with Gasteiger partial charge in [0.25, 0.3) is 0 Å². The van der Waals surface area contributed by atoms with Crippen molar-refractivity contribution in [1.29, 1.82) is 0 Å². The molecular formula is C20H27NO3. The minimum absolute atomic E-state index is 0.139. The van der Waals surface area contributed by atoms with E-state index in [1.165, 1.54) is 16.7 Å². The highest BCUT2D eigenvalue weighted by Gasteiger charge is 2.41. The summed E-state index contributed by atoms with van der Waals surface area (Å²) in [6.45, 7) is 7.82. The van der Waals surface area contributed by atoms with Crippen molar-refractivity contribution < 1.29 is 14.3 Å². The largest absolute Gasteiger partial charge is 0.497 e. The summed E-state index contributed by atoms with van der Waals surface area (Å²) in [7, 11) is 1.70. The monoisotopic (exact) mass is 329 g/mol. The number of fused-ring (bicyclic) bond motifs is 2. The zero-order valence-corrected chi connectivity index (χ0v) is 15.3. The maximum atomic E-state index is 12.5. The van der Waals surface area contributed by atoms with Crippen LogP contribution in [0.1, 0.15) is 51.2 Å². The lowest BCUT2D eigenvalue weighted by atomic mass is 9.94. The van der Waals surface area contributed by atoms with Crippen molar-refractivity contribution in [2.75, 3.05) is 7.11 Å². The highest BCUT2D eigenvalue weighted by molar-refractivity contribution is 5.75. The van der Waals surface area contributed by atoms with Gasteiger partial charge < -0.3 is 9.47 Å². The first-order valence-corrected chi connectivity index (χ1v) is 8.65. The fraction of sp³-hybridized carbons (Fsp3) is 0.550. The van der Waals surface area contributed by atoms with Crippen LogP contribution in [-0.2, 0) is 4.74 Å². The summed E-state index contributed by atoms with van der Waals surface area (Å²) < 4.78 is 11.0. The summed E-state index contributed by atoms with van der Waals surface area (Å²) in [6.07, 6.45) is 4.97. The second kappa shape index (κ2) is 6.15. The van der Waals surface area contributed by atoms with Crippen LogP contribution in [0, 0.1) is 6.92 Å². The summed E-state index contributed by atoms with van der Waals surface area (Å²) in [5.74, 6) is 0.882. The minimum atomic E-state index is -0.454. The summed E-state index contributed by atoms with van der Waals surface area (Å²) in [5.41, 5.74) is 3.24. The average molecular weight is 329 g/mol. The van der Waals surface area contributed by atoms with Gasteiger partial charge in [0.1, 0.15) is 11.4 Å². The first kappa shape index (κ1) is 16.9. The number of amides is 1. The van der Waals surface area contributed by atoms with Crippen molar-refractivity contribution in [1.82, 2.24) is 4.90 Å². The third kappa shape index (κ3) is 3.42. The summed E-state index contributed by atoms with van der Waals surface area (Å²) in [5, 5.41) is 0. The molecule has 4 heteroatoms. The first-order chi connectivity index (χ1) is 11.3. The highest BCUT2D eigenvalue weighted by atomic mass is 16.6. The first-order valence-electron chi connectivity index (χ1n) is 8.65. The molecule has 2 bridgehead atoms. The normalized spacial score (nSPS) is 23.0. The molecule has 0 spiro atoms. The van der Waals surface area contributed by atoms with E-state index in [1.54, 1.807) is 7.11 Å². The average Bonchev–Trinajstić information content (AvgIpc) is 2.75. The molecule has 2 unspecified atom stereocenters. The topological polar surface area (TPSA) is 38.8 Å². The van der Waals surface area contributed by atoms with Crippen LogP contribution in [-0.4, -0.2) is 35.8 Å². The summed E-state index contributed by atoms with van der Waals surface area (Å²) in [4.78, 5) is 14.5. The molecule has 2 heterocycles. The van der Waals surface area contributed by atoms with Gasteiger partial charge in [0, 0.05) is 6.04 Å². The van der Waals surface area contributed by atoms with Gasteiger partial charge in [0.2, 0.25) is 0 Å². The van der Waals surface area contributed by atoms with E-state index in [0.717, 1.165) is 25.0 Å². The van der Waals surface area contributed by atoms with Crippen molar-refractivity contribution in [2.45, 2.75) is 64.6 Å². The fourth-order valence-corrected chi connectivity index (χ4v) is 3.69. The molecule has 2 atom stereocenters. The summed E-state index contributed by atoms with van der Waals surface area (Å²) in [6, 6.07) is 6.68. The Morgan fingerprint density at radius 1 is 1.21 bits per heavy atom. The standard InChI is InChI=1S/C20H27NO3/c1-13-8-14(12-18(9-13)23-5)15-10-16-6-7-17(11-15)21(16)19(22)24-20(2,3)4/h8-10,12,16-17H,6-7,11H2,1-5H3. The Balaban J connectivity index is 1.85. The van der Waals surface area contributed by atoms with Crippen LogP contribution in [0.3, 0.4) is 0 Å². The van der Waals surface area contributed by atoms with Crippen molar-refractivity contribution in [3.05, 3.63) is 35.4 Å². The molecule has 130 valence electrons. The number of nitrogens with zero attached hydrogens (tertiary/aromatic N) is 1. The lowest BCUT2D eigenvalue weighted by Crippen LogP contribution is -2.45. The smallest absolute Gasteiger partial charge is 0.411 e. The number of aryl methyl sites for hydroxylation is 1. The third-order valence-electron chi connectivity index (χ3n) is 4.66. The summed E-state index contributed by atoms with van der Waals surface area (Å²) >= 11 is 0. The van der Waals surface area contributed by atoms with E-state index in [2.05, 4.69) is 25.1 Å². The molecule has 1 fully saturated rings. The lowest BCUT2D eigenvalue weighted by molar-refractivity contribution is 0.0175. The Hall–Kier alpha value is -1.97. The number of methoxy groups -OCH3 is 1. The Labute approximate surface area is 144 Å². The molecule has 2 aliphatic heterocycles. The predicted octanol–water partition coefficient (Wildman–Crippen LogP) is 4.56. The van der Waals surface area contributed by atoms with Gasteiger partial charge in [-0.05, 0) is 75.8 Å².